The molecule has 7 heteroatoms. The van der Waals surface area contributed by atoms with Gasteiger partial charge in [-0.1, -0.05) is 11.6 Å². The highest BCUT2D eigenvalue weighted by molar-refractivity contribution is 6.30. The number of anilines is 1. The third-order valence-corrected chi connectivity index (χ3v) is 4.92. The van der Waals surface area contributed by atoms with Crippen molar-refractivity contribution in [3.63, 3.8) is 0 Å². The summed E-state index contributed by atoms with van der Waals surface area (Å²) >= 11 is 5.68. The third-order valence-electron chi connectivity index (χ3n) is 4.69. The molecule has 1 heterocycles. The molecular formula is C21H22ClFN2O3. The van der Waals surface area contributed by atoms with E-state index in [2.05, 4.69) is 9.88 Å². The molecule has 1 aliphatic carbocycles. The van der Waals surface area contributed by atoms with Gasteiger partial charge >= 0.3 is 5.97 Å². The molecule has 0 unspecified atom stereocenters. The van der Waals surface area contributed by atoms with Crippen molar-refractivity contribution in [2.24, 2.45) is 0 Å². The molecule has 148 valence electrons. The molecule has 28 heavy (non-hydrogen) atoms. The second-order valence-corrected chi connectivity index (χ2v) is 7.39. The summed E-state index contributed by atoms with van der Waals surface area (Å²) in [7, 11) is 0. The summed E-state index contributed by atoms with van der Waals surface area (Å²) in [6.07, 6.45) is 4.27. The maximum absolute atomic E-state index is 13.8. The molecule has 0 saturated heterocycles. The fourth-order valence-electron chi connectivity index (χ4n) is 3.12. The van der Waals surface area contributed by atoms with E-state index >= 15 is 0 Å². The molecule has 1 N–H and O–H groups in total. The molecule has 5 nitrogen and oxygen atoms in total. The van der Waals surface area contributed by atoms with E-state index in [0.29, 0.717) is 6.04 Å². The number of nitrogens with one attached hydrogen (secondary N) is 1. The van der Waals surface area contributed by atoms with Gasteiger partial charge < -0.3 is 14.6 Å². The summed E-state index contributed by atoms with van der Waals surface area (Å²) in [5.41, 5.74) is 3.18. The molecule has 1 fully saturated rings. The zero-order valence-electron chi connectivity index (χ0n) is 16.0. The van der Waals surface area contributed by atoms with Crippen LogP contribution in [0.5, 0.6) is 0 Å². The first-order valence-corrected chi connectivity index (χ1v) is 9.47. The molecule has 3 rings (SSSR count). The third kappa shape index (κ3) is 4.62. The molecule has 2 aromatic rings. The van der Waals surface area contributed by atoms with Gasteiger partial charge in [0.25, 0.3) is 5.91 Å². The molecule has 0 aliphatic heterocycles. The van der Waals surface area contributed by atoms with E-state index in [0.717, 1.165) is 23.0 Å². The maximum atomic E-state index is 13.8. The van der Waals surface area contributed by atoms with Crippen molar-refractivity contribution in [2.75, 3.05) is 5.32 Å². The highest BCUT2D eigenvalue weighted by atomic mass is 35.5. The van der Waals surface area contributed by atoms with Crippen LogP contribution in [0, 0.1) is 19.7 Å². The lowest BCUT2D eigenvalue weighted by atomic mass is 10.2. The van der Waals surface area contributed by atoms with Gasteiger partial charge in [-0.15, -0.1) is 0 Å². The van der Waals surface area contributed by atoms with Crippen LogP contribution < -0.4 is 5.32 Å². The number of ether oxygens (including phenoxy) is 1. The number of hydrogen-bond donors (Lipinski definition) is 1. The van der Waals surface area contributed by atoms with Gasteiger partial charge in [0.1, 0.15) is 5.82 Å². The van der Waals surface area contributed by atoms with Crippen LogP contribution in [0.2, 0.25) is 5.02 Å². The molecule has 1 atom stereocenters. The zero-order valence-corrected chi connectivity index (χ0v) is 16.7. The fourth-order valence-corrected chi connectivity index (χ4v) is 3.27. The normalized spacial score (nSPS) is 14.9. The average molecular weight is 405 g/mol. The quantitative estimate of drug-likeness (QED) is 0.554. The minimum absolute atomic E-state index is 0.0274. The van der Waals surface area contributed by atoms with E-state index < -0.39 is 23.8 Å². The summed E-state index contributed by atoms with van der Waals surface area (Å²) < 4.78 is 21.2. The first-order valence-electron chi connectivity index (χ1n) is 9.09. The first-order chi connectivity index (χ1) is 13.3. The number of esters is 1. The van der Waals surface area contributed by atoms with Crippen LogP contribution in [0.25, 0.3) is 6.08 Å². The van der Waals surface area contributed by atoms with Crippen LogP contribution in [-0.4, -0.2) is 22.5 Å². The maximum Gasteiger partial charge on any atom is 0.331 e. The fraction of sp³-hybridized carbons (Fsp3) is 0.333. The van der Waals surface area contributed by atoms with Crippen molar-refractivity contribution in [1.29, 1.82) is 0 Å². The monoisotopic (exact) mass is 404 g/mol. The number of aryl methyl sites for hydroxylation is 1. The molecule has 1 aromatic heterocycles. The SMILES string of the molecule is Cc1cc(/C=C/C(=O)O[C@@H](C)C(=O)Nc2ccc(Cl)cc2F)c(C)n1C1CC1. The second kappa shape index (κ2) is 8.19. The Hall–Kier alpha value is -2.60. The molecule has 1 saturated carbocycles. The number of benzene rings is 1. The number of carbonyl (C=O) groups excluding carboxylic acids is 2. The van der Waals surface area contributed by atoms with E-state index in [9.17, 15) is 14.0 Å². The molecule has 1 amide bonds. The lowest BCUT2D eigenvalue weighted by molar-refractivity contribution is -0.148. The number of carbonyl (C=O) groups is 2. The summed E-state index contributed by atoms with van der Waals surface area (Å²) in [6, 6.07) is 6.48. The molecule has 0 spiro atoms. The van der Waals surface area contributed by atoms with Crippen LogP contribution in [0.3, 0.4) is 0 Å². The zero-order chi connectivity index (χ0) is 20.4. The van der Waals surface area contributed by atoms with Gasteiger partial charge in [0, 0.05) is 28.5 Å². The number of hydrogen-bond acceptors (Lipinski definition) is 3. The van der Waals surface area contributed by atoms with E-state index in [-0.39, 0.29) is 10.7 Å². The van der Waals surface area contributed by atoms with Crippen LogP contribution in [0.1, 0.15) is 42.8 Å². The first kappa shape index (κ1) is 20.1. The minimum Gasteiger partial charge on any atom is -0.449 e. The van der Waals surface area contributed by atoms with Crippen molar-refractivity contribution in [2.45, 2.75) is 45.8 Å². The number of amides is 1. The molecule has 0 bridgehead atoms. The molecule has 0 radical (unpaired) electrons. The largest absolute Gasteiger partial charge is 0.449 e. The summed E-state index contributed by atoms with van der Waals surface area (Å²) in [5, 5.41) is 2.60. The summed E-state index contributed by atoms with van der Waals surface area (Å²) in [6.45, 7) is 5.49. The van der Waals surface area contributed by atoms with E-state index in [1.54, 1.807) is 6.08 Å². The smallest absolute Gasteiger partial charge is 0.331 e. The number of nitrogens with zero attached hydrogens (tertiary/aromatic N) is 1. The Balaban J connectivity index is 1.58. The van der Waals surface area contributed by atoms with Crippen LogP contribution in [0.4, 0.5) is 10.1 Å². The number of halogens is 2. The van der Waals surface area contributed by atoms with Gasteiger partial charge in [-0.3, -0.25) is 4.79 Å². The van der Waals surface area contributed by atoms with Crippen LogP contribution in [0.15, 0.2) is 30.3 Å². The van der Waals surface area contributed by atoms with E-state index in [1.807, 2.05) is 19.9 Å². The van der Waals surface area contributed by atoms with Crippen molar-refractivity contribution in [3.05, 3.63) is 58.1 Å². The summed E-state index contributed by atoms with van der Waals surface area (Å²) in [4.78, 5) is 24.2. The Labute approximate surface area is 168 Å². The topological polar surface area (TPSA) is 60.3 Å². The van der Waals surface area contributed by atoms with E-state index in [4.69, 9.17) is 16.3 Å². The van der Waals surface area contributed by atoms with Crippen molar-refractivity contribution >= 4 is 35.2 Å². The van der Waals surface area contributed by atoms with Crippen molar-refractivity contribution in [3.8, 4) is 0 Å². The lowest BCUT2D eigenvalue weighted by Gasteiger charge is -2.13. The predicted octanol–water partition coefficient (Wildman–Crippen LogP) is 4.82. The number of aromatic nitrogens is 1. The predicted molar refractivity (Wildman–Crippen MR) is 107 cm³/mol. The van der Waals surface area contributed by atoms with E-state index in [1.165, 1.54) is 38.0 Å². The standard InChI is InChI=1S/C21H22ClFN2O3/c1-12-10-15(13(2)25(12)17-6-7-17)4-9-20(26)28-14(3)21(27)24-19-8-5-16(22)11-18(19)23/h4-5,8-11,14,17H,6-7H2,1-3H3,(H,24,27)/b9-4+/t14-/m0/s1. The average Bonchev–Trinajstić information content (AvgIpc) is 3.41. The summed E-state index contributed by atoms with van der Waals surface area (Å²) in [5.74, 6) is -1.93. The van der Waals surface area contributed by atoms with Gasteiger partial charge in [-0.05, 0) is 69.5 Å². The van der Waals surface area contributed by atoms with Gasteiger partial charge in [-0.2, -0.15) is 0 Å². The Bertz CT molecular complexity index is 947. The van der Waals surface area contributed by atoms with Crippen molar-refractivity contribution in [1.82, 2.24) is 4.57 Å². The van der Waals surface area contributed by atoms with Gasteiger partial charge in [0.05, 0.1) is 5.69 Å². The molecule has 1 aliphatic rings. The van der Waals surface area contributed by atoms with Gasteiger partial charge in [-0.25, -0.2) is 9.18 Å². The Kier molecular flexibility index (Phi) is 5.89. The minimum atomic E-state index is -1.08. The molecular weight excluding hydrogens is 383 g/mol. The van der Waals surface area contributed by atoms with Gasteiger partial charge in [0.2, 0.25) is 0 Å². The Morgan fingerprint density at radius 2 is 2.04 bits per heavy atom. The van der Waals surface area contributed by atoms with Gasteiger partial charge in [0.15, 0.2) is 6.10 Å². The molecule has 1 aromatic carbocycles. The van der Waals surface area contributed by atoms with Crippen LogP contribution in [-0.2, 0) is 14.3 Å². The van der Waals surface area contributed by atoms with Crippen LogP contribution >= 0.6 is 11.6 Å². The number of rotatable bonds is 6. The highest BCUT2D eigenvalue weighted by Gasteiger charge is 2.26. The highest BCUT2D eigenvalue weighted by Crippen LogP contribution is 2.38. The van der Waals surface area contributed by atoms with Crippen molar-refractivity contribution < 1.29 is 18.7 Å². The lowest BCUT2D eigenvalue weighted by Crippen LogP contribution is -2.29. The Morgan fingerprint density at radius 1 is 1.32 bits per heavy atom. The Morgan fingerprint density at radius 3 is 2.68 bits per heavy atom. The second-order valence-electron chi connectivity index (χ2n) is 6.95.